The van der Waals surface area contributed by atoms with Crippen molar-refractivity contribution < 1.29 is 4.74 Å². The average molecular weight is 208 g/mol. The molecule has 0 aromatic carbocycles. The number of hydrogen-bond acceptors (Lipinski definition) is 3. The van der Waals surface area contributed by atoms with Gasteiger partial charge in [-0.2, -0.15) is 0 Å². The van der Waals surface area contributed by atoms with Gasteiger partial charge in [-0.05, 0) is 24.8 Å². The minimum atomic E-state index is 0.294. The van der Waals surface area contributed by atoms with E-state index in [2.05, 4.69) is 25.8 Å². The third kappa shape index (κ3) is 4.19. The lowest BCUT2D eigenvalue weighted by Gasteiger charge is -2.17. The normalized spacial score (nSPS) is 11.5. The van der Waals surface area contributed by atoms with Crippen LogP contribution in [0.25, 0.3) is 0 Å². The van der Waals surface area contributed by atoms with E-state index in [0.717, 1.165) is 12.1 Å². The first-order chi connectivity index (χ1) is 6.88. The first-order valence-corrected chi connectivity index (χ1v) is 5.24. The molecule has 3 nitrogen and oxygen atoms in total. The lowest BCUT2D eigenvalue weighted by atomic mass is 9.93. The van der Waals surface area contributed by atoms with Crippen LogP contribution in [0, 0.1) is 12.3 Å². The zero-order valence-electron chi connectivity index (χ0n) is 10.0. The Kier molecular flexibility index (Phi) is 3.56. The maximum absolute atomic E-state index is 5.67. The van der Waals surface area contributed by atoms with E-state index in [4.69, 9.17) is 10.5 Å². The van der Waals surface area contributed by atoms with Crippen molar-refractivity contribution in [1.29, 1.82) is 0 Å². The van der Waals surface area contributed by atoms with Crippen LogP contribution in [0.5, 0.6) is 5.88 Å². The van der Waals surface area contributed by atoms with Gasteiger partial charge in [0.05, 0.1) is 18.0 Å². The first-order valence-electron chi connectivity index (χ1n) is 5.24. The van der Waals surface area contributed by atoms with E-state index in [-0.39, 0.29) is 0 Å². The minimum Gasteiger partial charge on any atom is -0.478 e. The van der Waals surface area contributed by atoms with Crippen LogP contribution < -0.4 is 10.5 Å². The molecule has 84 valence electrons. The van der Waals surface area contributed by atoms with E-state index < -0.39 is 0 Å². The van der Waals surface area contributed by atoms with Gasteiger partial charge in [0.2, 0.25) is 5.88 Å². The van der Waals surface area contributed by atoms with Crippen LogP contribution in [-0.4, -0.2) is 11.6 Å². The molecule has 1 aromatic heterocycles. The molecule has 1 rings (SSSR count). The van der Waals surface area contributed by atoms with Crippen molar-refractivity contribution in [3.63, 3.8) is 0 Å². The summed E-state index contributed by atoms with van der Waals surface area (Å²) in [7, 11) is 0. The standard InChI is InChI=1S/C12H20N2O/c1-9-10(13)5-6-11(14-9)15-8-7-12(2,3)4/h5-6H,7-8,13H2,1-4H3. The van der Waals surface area contributed by atoms with Gasteiger partial charge < -0.3 is 10.5 Å². The van der Waals surface area contributed by atoms with Gasteiger partial charge in [-0.15, -0.1) is 0 Å². The van der Waals surface area contributed by atoms with E-state index in [1.165, 1.54) is 0 Å². The molecule has 0 spiro atoms. The third-order valence-corrected chi connectivity index (χ3v) is 2.20. The topological polar surface area (TPSA) is 48.1 Å². The Labute approximate surface area is 91.7 Å². The number of nitrogens with two attached hydrogens (primary N) is 1. The smallest absolute Gasteiger partial charge is 0.213 e. The van der Waals surface area contributed by atoms with E-state index in [9.17, 15) is 0 Å². The molecular weight excluding hydrogens is 188 g/mol. The van der Waals surface area contributed by atoms with Crippen molar-refractivity contribution in [3.8, 4) is 5.88 Å². The van der Waals surface area contributed by atoms with Crippen LogP contribution in [0.4, 0.5) is 5.69 Å². The van der Waals surface area contributed by atoms with Gasteiger partial charge in [0, 0.05) is 6.07 Å². The Morgan fingerprint density at radius 1 is 1.33 bits per heavy atom. The monoisotopic (exact) mass is 208 g/mol. The highest BCUT2D eigenvalue weighted by Crippen LogP contribution is 2.19. The van der Waals surface area contributed by atoms with E-state index in [1.807, 2.05) is 19.1 Å². The number of pyridine rings is 1. The SMILES string of the molecule is Cc1nc(OCCC(C)(C)C)ccc1N. The number of rotatable bonds is 3. The predicted octanol–water partition coefficient (Wildman–Crippen LogP) is 2.79. The second-order valence-electron chi connectivity index (χ2n) is 4.98. The van der Waals surface area contributed by atoms with Crippen LogP contribution in [0.15, 0.2) is 12.1 Å². The van der Waals surface area contributed by atoms with E-state index in [0.29, 0.717) is 23.6 Å². The van der Waals surface area contributed by atoms with Gasteiger partial charge in [0.25, 0.3) is 0 Å². The molecule has 0 radical (unpaired) electrons. The maximum atomic E-state index is 5.67. The number of anilines is 1. The molecule has 0 saturated heterocycles. The molecule has 0 aliphatic carbocycles. The molecule has 0 bridgehead atoms. The van der Waals surface area contributed by atoms with E-state index in [1.54, 1.807) is 0 Å². The van der Waals surface area contributed by atoms with E-state index >= 15 is 0 Å². The summed E-state index contributed by atoms with van der Waals surface area (Å²) in [5.41, 5.74) is 7.49. The zero-order chi connectivity index (χ0) is 11.5. The highest BCUT2D eigenvalue weighted by molar-refractivity contribution is 5.43. The Bertz CT molecular complexity index is 329. The van der Waals surface area contributed by atoms with Crippen molar-refractivity contribution in [2.24, 2.45) is 5.41 Å². The number of hydrogen-bond donors (Lipinski definition) is 1. The second kappa shape index (κ2) is 4.51. The summed E-state index contributed by atoms with van der Waals surface area (Å²) in [6.45, 7) is 9.15. The molecule has 0 unspecified atom stereocenters. The minimum absolute atomic E-state index is 0.294. The molecule has 2 N–H and O–H groups in total. The highest BCUT2D eigenvalue weighted by atomic mass is 16.5. The molecule has 15 heavy (non-hydrogen) atoms. The van der Waals surface area contributed by atoms with Gasteiger partial charge >= 0.3 is 0 Å². The van der Waals surface area contributed by atoms with Gasteiger partial charge in [0.1, 0.15) is 0 Å². The summed E-state index contributed by atoms with van der Waals surface area (Å²) in [5.74, 6) is 0.658. The number of aryl methyl sites for hydroxylation is 1. The molecule has 1 heterocycles. The number of nitrogen functional groups attached to an aromatic ring is 1. The van der Waals surface area contributed by atoms with Gasteiger partial charge in [-0.1, -0.05) is 20.8 Å². The molecule has 0 amide bonds. The summed E-state index contributed by atoms with van der Waals surface area (Å²) >= 11 is 0. The van der Waals surface area contributed by atoms with Crippen molar-refractivity contribution in [3.05, 3.63) is 17.8 Å². The van der Waals surface area contributed by atoms with Gasteiger partial charge in [-0.25, -0.2) is 4.98 Å². The summed E-state index contributed by atoms with van der Waals surface area (Å²) in [6.07, 6.45) is 1.01. The molecule has 0 aliphatic heterocycles. The number of nitrogens with zero attached hydrogens (tertiary/aromatic N) is 1. The third-order valence-electron chi connectivity index (χ3n) is 2.20. The van der Waals surface area contributed by atoms with Crippen molar-refractivity contribution in [2.75, 3.05) is 12.3 Å². The summed E-state index contributed by atoms with van der Waals surface area (Å²) in [4.78, 5) is 4.25. The molecule has 0 fully saturated rings. The van der Waals surface area contributed by atoms with Crippen LogP contribution in [0.3, 0.4) is 0 Å². The molecule has 0 saturated carbocycles. The van der Waals surface area contributed by atoms with Gasteiger partial charge in [0.15, 0.2) is 0 Å². The van der Waals surface area contributed by atoms with Crippen LogP contribution in [0.2, 0.25) is 0 Å². The summed E-state index contributed by atoms with van der Waals surface area (Å²) in [5, 5.41) is 0. The lowest BCUT2D eigenvalue weighted by molar-refractivity contribution is 0.236. The Morgan fingerprint density at radius 3 is 2.53 bits per heavy atom. The van der Waals surface area contributed by atoms with Crippen molar-refractivity contribution >= 4 is 5.69 Å². The molecule has 0 aliphatic rings. The largest absolute Gasteiger partial charge is 0.478 e. The first kappa shape index (κ1) is 11.8. The predicted molar refractivity (Wildman–Crippen MR) is 63.0 cm³/mol. The quantitative estimate of drug-likeness (QED) is 0.831. The fourth-order valence-electron chi connectivity index (χ4n) is 1.09. The van der Waals surface area contributed by atoms with Crippen LogP contribution >= 0.6 is 0 Å². The Hall–Kier alpha value is -1.25. The number of aromatic nitrogens is 1. The highest BCUT2D eigenvalue weighted by Gasteiger charge is 2.10. The molecule has 1 aromatic rings. The molecular formula is C12H20N2O. The molecule has 0 atom stereocenters. The summed E-state index contributed by atoms with van der Waals surface area (Å²) in [6, 6.07) is 3.64. The maximum Gasteiger partial charge on any atom is 0.213 e. The van der Waals surface area contributed by atoms with Gasteiger partial charge in [-0.3, -0.25) is 0 Å². The summed E-state index contributed by atoms with van der Waals surface area (Å²) < 4.78 is 5.55. The number of ether oxygens (including phenoxy) is 1. The van der Waals surface area contributed by atoms with Crippen LogP contribution in [-0.2, 0) is 0 Å². The molecule has 3 heteroatoms. The second-order valence-corrected chi connectivity index (χ2v) is 4.98. The fraction of sp³-hybridized carbons (Fsp3) is 0.583. The fourth-order valence-corrected chi connectivity index (χ4v) is 1.09. The lowest BCUT2D eigenvalue weighted by Crippen LogP contribution is -2.11. The Morgan fingerprint density at radius 2 is 2.00 bits per heavy atom. The van der Waals surface area contributed by atoms with Crippen molar-refractivity contribution in [2.45, 2.75) is 34.1 Å². The average Bonchev–Trinajstić information content (AvgIpc) is 2.09. The van der Waals surface area contributed by atoms with Crippen LogP contribution in [0.1, 0.15) is 32.9 Å². The van der Waals surface area contributed by atoms with Crippen molar-refractivity contribution in [1.82, 2.24) is 4.98 Å². The Balaban J connectivity index is 2.48. The zero-order valence-corrected chi connectivity index (χ0v) is 10.0.